The summed E-state index contributed by atoms with van der Waals surface area (Å²) in [5.41, 5.74) is 0.713. The molecular weight excluding hydrogens is 233 g/mol. The first-order valence-electron chi connectivity index (χ1n) is 6.06. The molecule has 0 bridgehead atoms. The van der Waals surface area contributed by atoms with E-state index in [0.717, 1.165) is 12.8 Å². The maximum Gasteiger partial charge on any atom is 0.244 e. The Hall–Kier alpha value is -1.84. The van der Waals surface area contributed by atoms with E-state index >= 15 is 0 Å². The van der Waals surface area contributed by atoms with Gasteiger partial charge in [-0.1, -0.05) is 6.08 Å². The fourth-order valence-electron chi connectivity index (χ4n) is 2.07. The molecule has 1 atom stereocenters. The standard InChI is InChI=1S/C14H16FNO2/c1-2-4-14(17)16-12-5-3-8-18-13-7-6-10(15)9-11(12)13/h2,4,6-7,9,12H,3,5,8H2,1H3,(H,16,17)/b4-2+. The molecule has 96 valence electrons. The van der Waals surface area contributed by atoms with Crippen LogP contribution < -0.4 is 10.1 Å². The Kier molecular flexibility index (Phi) is 3.97. The van der Waals surface area contributed by atoms with Crippen molar-refractivity contribution in [1.82, 2.24) is 5.32 Å². The molecule has 1 aromatic carbocycles. The van der Waals surface area contributed by atoms with E-state index < -0.39 is 0 Å². The van der Waals surface area contributed by atoms with Gasteiger partial charge in [-0.15, -0.1) is 0 Å². The van der Waals surface area contributed by atoms with E-state index in [2.05, 4.69) is 5.32 Å². The lowest BCUT2D eigenvalue weighted by Gasteiger charge is -2.17. The normalized spacial score (nSPS) is 18.9. The van der Waals surface area contributed by atoms with Crippen LogP contribution in [0.2, 0.25) is 0 Å². The molecule has 18 heavy (non-hydrogen) atoms. The number of nitrogens with one attached hydrogen (secondary N) is 1. The monoisotopic (exact) mass is 249 g/mol. The topological polar surface area (TPSA) is 38.3 Å². The first-order chi connectivity index (χ1) is 8.70. The molecule has 0 saturated heterocycles. The quantitative estimate of drug-likeness (QED) is 0.818. The molecule has 1 heterocycles. The SMILES string of the molecule is C/C=C/C(=O)NC1CCCOc2ccc(F)cc21. The number of hydrogen-bond donors (Lipinski definition) is 1. The maximum absolute atomic E-state index is 13.3. The van der Waals surface area contributed by atoms with Crippen molar-refractivity contribution in [1.29, 1.82) is 0 Å². The van der Waals surface area contributed by atoms with Crippen molar-refractivity contribution >= 4 is 5.91 Å². The number of allylic oxidation sites excluding steroid dienone is 1. The zero-order chi connectivity index (χ0) is 13.0. The van der Waals surface area contributed by atoms with Gasteiger partial charge in [-0.25, -0.2) is 4.39 Å². The molecule has 0 aromatic heterocycles. The Morgan fingerprint density at radius 2 is 2.39 bits per heavy atom. The van der Waals surface area contributed by atoms with Crippen LogP contribution in [0.3, 0.4) is 0 Å². The third-order valence-corrected chi connectivity index (χ3v) is 2.88. The Balaban J connectivity index is 2.26. The van der Waals surface area contributed by atoms with Crippen LogP contribution in [0.15, 0.2) is 30.4 Å². The highest BCUT2D eigenvalue weighted by Crippen LogP contribution is 2.31. The van der Waals surface area contributed by atoms with Crippen LogP contribution in [-0.4, -0.2) is 12.5 Å². The summed E-state index contributed by atoms with van der Waals surface area (Å²) >= 11 is 0. The van der Waals surface area contributed by atoms with Gasteiger partial charge < -0.3 is 10.1 Å². The number of rotatable bonds is 2. The number of halogens is 1. The molecule has 1 N–H and O–H groups in total. The summed E-state index contributed by atoms with van der Waals surface area (Å²) in [5, 5.41) is 2.87. The number of carbonyl (C=O) groups excluding carboxylic acids is 1. The first-order valence-corrected chi connectivity index (χ1v) is 6.06. The van der Waals surface area contributed by atoms with Gasteiger partial charge in [-0.3, -0.25) is 4.79 Å². The number of carbonyl (C=O) groups is 1. The first kappa shape index (κ1) is 12.6. The lowest BCUT2D eigenvalue weighted by molar-refractivity contribution is -0.117. The van der Waals surface area contributed by atoms with Crippen LogP contribution >= 0.6 is 0 Å². The minimum atomic E-state index is -0.315. The van der Waals surface area contributed by atoms with E-state index in [0.29, 0.717) is 17.9 Å². The predicted molar refractivity (Wildman–Crippen MR) is 66.8 cm³/mol. The van der Waals surface area contributed by atoms with Crippen LogP contribution in [-0.2, 0) is 4.79 Å². The molecule has 4 heteroatoms. The van der Waals surface area contributed by atoms with E-state index in [9.17, 15) is 9.18 Å². The second-order valence-electron chi connectivity index (χ2n) is 4.23. The summed E-state index contributed by atoms with van der Waals surface area (Å²) in [6, 6.07) is 4.23. The van der Waals surface area contributed by atoms with E-state index in [1.807, 2.05) is 0 Å². The summed E-state index contributed by atoms with van der Waals surface area (Å²) in [5.74, 6) is 0.170. The zero-order valence-corrected chi connectivity index (χ0v) is 10.3. The summed E-state index contributed by atoms with van der Waals surface area (Å²) in [6.45, 7) is 2.37. The van der Waals surface area contributed by atoms with Gasteiger partial charge in [-0.05, 0) is 44.0 Å². The lowest BCUT2D eigenvalue weighted by atomic mass is 10.0. The van der Waals surface area contributed by atoms with Gasteiger partial charge in [-0.2, -0.15) is 0 Å². The van der Waals surface area contributed by atoms with Crippen LogP contribution in [0.5, 0.6) is 5.75 Å². The third kappa shape index (κ3) is 2.88. The molecule has 1 aromatic rings. The highest BCUT2D eigenvalue weighted by atomic mass is 19.1. The van der Waals surface area contributed by atoms with Crippen molar-refractivity contribution in [2.75, 3.05) is 6.61 Å². The molecule has 0 radical (unpaired) electrons. The molecule has 2 rings (SSSR count). The molecule has 1 unspecified atom stereocenters. The molecule has 3 nitrogen and oxygen atoms in total. The summed E-state index contributed by atoms with van der Waals surface area (Å²) in [7, 11) is 0. The van der Waals surface area contributed by atoms with E-state index in [-0.39, 0.29) is 17.8 Å². The van der Waals surface area contributed by atoms with Gasteiger partial charge in [0.25, 0.3) is 0 Å². The number of fused-ring (bicyclic) bond motifs is 1. The molecular formula is C14H16FNO2. The molecule has 0 aliphatic carbocycles. The van der Waals surface area contributed by atoms with Crippen molar-refractivity contribution in [3.05, 3.63) is 41.7 Å². The number of ether oxygens (including phenoxy) is 1. The van der Waals surface area contributed by atoms with E-state index in [1.54, 1.807) is 19.1 Å². The van der Waals surface area contributed by atoms with Crippen LogP contribution in [0.25, 0.3) is 0 Å². The van der Waals surface area contributed by atoms with Crippen molar-refractivity contribution in [2.24, 2.45) is 0 Å². The molecule has 1 aliphatic rings. The minimum Gasteiger partial charge on any atom is -0.493 e. The van der Waals surface area contributed by atoms with E-state index in [4.69, 9.17) is 4.74 Å². The number of benzene rings is 1. The molecule has 1 aliphatic heterocycles. The van der Waals surface area contributed by atoms with Crippen LogP contribution in [0.4, 0.5) is 4.39 Å². The predicted octanol–water partition coefficient (Wildman–Crippen LogP) is 2.73. The maximum atomic E-state index is 13.3. The van der Waals surface area contributed by atoms with Crippen molar-refractivity contribution in [2.45, 2.75) is 25.8 Å². The fraction of sp³-hybridized carbons (Fsp3) is 0.357. The number of amides is 1. The minimum absolute atomic E-state index is 0.167. The van der Waals surface area contributed by atoms with Gasteiger partial charge >= 0.3 is 0 Å². The van der Waals surface area contributed by atoms with Crippen LogP contribution in [0, 0.1) is 5.82 Å². The zero-order valence-electron chi connectivity index (χ0n) is 10.3. The number of hydrogen-bond acceptors (Lipinski definition) is 2. The van der Waals surface area contributed by atoms with Crippen molar-refractivity contribution in [3.63, 3.8) is 0 Å². The van der Waals surface area contributed by atoms with Crippen molar-refractivity contribution < 1.29 is 13.9 Å². The van der Waals surface area contributed by atoms with Gasteiger partial charge in [0.2, 0.25) is 5.91 Å². The Morgan fingerprint density at radius 3 is 3.17 bits per heavy atom. The largest absolute Gasteiger partial charge is 0.493 e. The Bertz CT molecular complexity index is 471. The van der Waals surface area contributed by atoms with Gasteiger partial charge in [0.05, 0.1) is 12.6 Å². The molecule has 0 spiro atoms. The third-order valence-electron chi connectivity index (χ3n) is 2.88. The molecule has 1 amide bonds. The van der Waals surface area contributed by atoms with Crippen molar-refractivity contribution in [3.8, 4) is 5.75 Å². The smallest absolute Gasteiger partial charge is 0.244 e. The van der Waals surface area contributed by atoms with Gasteiger partial charge in [0.15, 0.2) is 0 Å². The van der Waals surface area contributed by atoms with Crippen LogP contribution in [0.1, 0.15) is 31.4 Å². The molecule has 0 saturated carbocycles. The van der Waals surface area contributed by atoms with Gasteiger partial charge in [0.1, 0.15) is 11.6 Å². The highest BCUT2D eigenvalue weighted by molar-refractivity contribution is 5.87. The average molecular weight is 249 g/mol. The summed E-state index contributed by atoms with van der Waals surface area (Å²) < 4.78 is 18.8. The second-order valence-corrected chi connectivity index (χ2v) is 4.23. The van der Waals surface area contributed by atoms with E-state index in [1.165, 1.54) is 18.2 Å². The fourth-order valence-corrected chi connectivity index (χ4v) is 2.07. The summed E-state index contributed by atoms with van der Waals surface area (Å²) in [4.78, 5) is 11.6. The average Bonchev–Trinajstić information content (AvgIpc) is 2.52. The second kappa shape index (κ2) is 5.67. The lowest BCUT2D eigenvalue weighted by Crippen LogP contribution is -2.26. The Morgan fingerprint density at radius 1 is 1.56 bits per heavy atom. The summed E-state index contributed by atoms with van der Waals surface area (Å²) in [6.07, 6.45) is 4.72. The van der Waals surface area contributed by atoms with Gasteiger partial charge in [0, 0.05) is 5.56 Å². The molecule has 0 fully saturated rings. The highest BCUT2D eigenvalue weighted by Gasteiger charge is 2.21. The Labute approximate surface area is 106 Å².